The molecule has 1 aromatic carbocycles. The minimum absolute atomic E-state index is 0.0515. The summed E-state index contributed by atoms with van der Waals surface area (Å²) in [5.41, 5.74) is 0.907. The van der Waals surface area contributed by atoms with Gasteiger partial charge in [0, 0.05) is 21.2 Å². The fourth-order valence-electron chi connectivity index (χ4n) is 3.92. The van der Waals surface area contributed by atoms with Crippen molar-refractivity contribution in [2.24, 2.45) is 0 Å². The van der Waals surface area contributed by atoms with Crippen LogP contribution >= 0.6 is 34.7 Å². The van der Waals surface area contributed by atoms with Gasteiger partial charge in [-0.05, 0) is 48.1 Å². The molecule has 4 rings (SSSR count). The number of thioether (sulfide) groups is 1. The van der Waals surface area contributed by atoms with Gasteiger partial charge in [-0.3, -0.25) is 9.59 Å². The van der Waals surface area contributed by atoms with Gasteiger partial charge >= 0.3 is 0 Å². The fraction of sp³-hybridized carbons (Fsp3) is 0.364. The molecule has 7 heteroatoms. The number of nitrogens with zero attached hydrogens (tertiary/aromatic N) is 1. The van der Waals surface area contributed by atoms with Crippen molar-refractivity contribution in [3.8, 4) is 0 Å². The molecule has 2 aliphatic rings. The summed E-state index contributed by atoms with van der Waals surface area (Å²) in [6.07, 6.45) is 6.22. The van der Waals surface area contributed by atoms with Gasteiger partial charge < -0.3 is 10.2 Å². The summed E-state index contributed by atoms with van der Waals surface area (Å²) >= 11 is 9.38. The topological polar surface area (TPSA) is 49.4 Å². The third-order valence-corrected chi connectivity index (χ3v) is 7.83. The van der Waals surface area contributed by atoms with E-state index >= 15 is 0 Å². The van der Waals surface area contributed by atoms with E-state index in [0.29, 0.717) is 21.7 Å². The number of thiophene rings is 1. The van der Waals surface area contributed by atoms with Gasteiger partial charge in [-0.25, -0.2) is 0 Å². The predicted octanol–water partition coefficient (Wildman–Crippen LogP) is 4.95. The van der Waals surface area contributed by atoms with Gasteiger partial charge in [0.25, 0.3) is 5.91 Å². The molecule has 1 saturated heterocycles. The second kappa shape index (κ2) is 9.37. The van der Waals surface area contributed by atoms with Gasteiger partial charge in [0.1, 0.15) is 6.54 Å². The molecule has 29 heavy (non-hydrogen) atoms. The number of carbonyl (C=O) groups is 2. The standard InChI is InChI=1S/C22H23ClN2O2S2/c23-16-6-3-5-15(11-16)12-20-22(27)25(18-8-1-2-9-19(18)29-20)14-21(26)24-13-17-7-4-10-28-17/h3-7,10-12,18-19H,1-2,8-9,13-14H2,(H,24,26)/b20-12+. The van der Waals surface area contributed by atoms with Crippen molar-refractivity contribution in [1.82, 2.24) is 10.2 Å². The Kier molecular flexibility index (Phi) is 6.63. The van der Waals surface area contributed by atoms with Gasteiger partial charge in [-0.2, -0.15) is 0 Å². The molecule has 0 bridgehead atoms. The lowest BCUT2D eigenvalue weighted by Crippen LogP contribution is -2.54. The number of benzene rings is 1. The molecule has 2 aromatic rings. The summed E-state index contributed by atoms with van der Waals surface area (Å²) in [5.74, 6) is -0.158. The summed E-state index contributed by atoms with van der Waals surface area (Å²) in [7, 11) is 0. The average molecular weight is 447 g/mol. The zero-order valence-corrected chi connectivity index (χ0v) is 18.4. The fourth-order valence-corrected chi connectivity index (χ4v) is 6.24. The first-order valence-electron chi connectivity index (χ1n) is 9.84. The van der Waals surface area contributed by atoms with E-state index in [9.17, 15) is 9.59 Å². The van der Waals surface area contributed by atoms with E-state index in [4.69, 9.17) is 11.6 Å². The van der Waals surface area contributed by atoms with Crippen molar-refractivity contribution in [2.75, 3.05) is 6.54 Å². The lowest BCUT2D eigenvalue weighted by atomic mass is 9.93. The molecule has 152 valence electrons. The minimum atomic E-state index is -0.106. The second-order valence-electron chi connectivity index (χ2n) is 7.36. The van der Waals surface area contributed by atoms with Crippen LogP contribution in [0.3, 0.4) is 0 Å². The molecule has 1 aliphatic heterocycles. The zero-order valence-electron chi connectivity index (χ0n) is 16.0. The minimum Gasteiger partial charge on any atom is -0.350 e. The number of rotatable bonds is 5. The van der Waals surface area contributed by atoms with Gasteiger partial charge in [0.05, 0.1) is 11.4 Å². The number of nitrogens with one attached hydrogen (secondary N) is 1. The maximum absolute atomic E-state index is 13.3. The van der Waals surface area contributed by atoms with Crippen molar-refractivity contribution in [2.45, 2.75) is 43.5 Å². The van der Waals surface area contributed by atoms with Crippen LogP contribution in [0, 0.1) is 0 Å². The molecule has 1 N–H and O–H groups in total. The quantitative estimate of drug-likeness (QED) is 0.661. The lowest BCUT2D eigenvalue weighted by molar-refractivity contribution is -0.135. The van der Waals surface area contributed by atoms with Crippen LogP contribution in [0.25, 0.3) is 6.08 Å². The van der Waals surface area contributed by atoms with Crippen LogP contribution in [0.5, 0.6) is 0 Å². The Morgan fingerprint density at radius 2 is 2.10 bits per heavy atom. The predicted molar refractivity (Wildman–Crippen MR) is 121 cm³/mol. The third-order valence-electron chi connectivity index (χ3n) is 5.32. The highest BCUT2D eigenvalue weighted by atomic mass is 35.5. The van der Waals surface area contributed by atoms with Crippen LogP contribution in [0.2, 0.25) is 5.02 Å². The van der Waals surface area contributed by atoms with Gasteiger partial charge in [0.15, 0.2) is 0 Å². The van der Waals surface area contributed by atoms with E-state index in [1.165, 1.54) is 6.42 Å². The van der Waals surface area contributed by atoms with Crippen molar-refractivity contribution in [3.05, 3.63) is 62.1 Å². The summed E-state index contributed by atoms with van der Waals surface area (Å²) in [6.45, 7) is 0.616. The van der Waals surface area contributed by atoms with Crippen molar-refractivity contribution >= 4 is 52.6 Å². The van der Waals surface area contributed by atoms with E-state index in [2.05, 4.69) is 5.32 Å². The number of fused-ring (bicyclic) bond motifs is 1. The number of carbonyl (C=O) groups excluding carboxylic acids is 2. The Morgan fingerprint density at radius 1 is 1.24 bits per heavy atom. The first-order chi connectivity index (χ1) is 14.1. The number of amides is 2. The van der Waals surface area contributed by atoms with E-state index in [-0.39, 0.29) is 24.4 Å². The first-order valence-corrected chi connectivity index (χ1v) is 12.0. The molecule has 2 atom stereocenters. The molecular formula is C22H23ClN2O2S2. The normalized spacial score (nSPS) is 23.1. The average Bonchev–Trinajstić information content (AvgIpc) is 3.23. The molecule has 1 aromatic heterocycles. The molecule has 4 nitrogen and oxygen atoms in total. The monoisotopic (exact) mass is 446 g/mol. The van der Waals surface area contributed by atoms with Crippen molar-refractivity contribution in [3.63, 3.8) is 0 Å². The Bertz CT molecular complexity index is 913. The molecule has 2 amide bonds. The summed E-state index contributed by atoms with van der Waals surface area (Å²) in [6, 6.07) is 11.6. The lowest BCUT2D eigenvalue weighted by Gasteiger charge is -2.43. The highest BCUT2D eigenvalue weighted by molar-refractivity contribution is 8.04. The number of hydrogen-bond acceptors (Lipinski definition) is 4. The molecule has 0 spiro atoms. The van der Waals surface area contributed by atoms with Crippen LogP contribution in [0.15, 0.2) is 46.7 Å². The Balaban J connectivity index is 1.51. The molecular weight excluding hydrogens is 424 g/mol. The summed E-state index contributed by atoms with van der Waals surface area (Å²) in [4.78, 5) is 29.5. The van der Waals surface area contributed by atoms with Crippen LogP contribution in [0.1, 0.15) is 36.1 Å². The number of halogens is 1. The first kappa shape index (κ1) is 20.5. The molecule has 0 radical (unpaired) electrons. The number of hydrogen-bond donors (Lipinski definition) is 1. The third kappa shape index (κ3) is 5.05. The zero-order chi connectivity index (χ0) is 20.2. The van der Waals surface area contributed by atoms with Gasteiger partial charge in [-0.15, -0.1) is 23.1 Å². The van der Waals surface area contributed by atoms with Gasteiger partial charge in [-0.1, -0.05) is 42.6 Å². The Labute approximate surface area is 184 Å². The van der Waals surface area contributed by atoms with Crippen molar-refractivity contribution < 1.29 is 9.59 Å². The summed E-state index contributed by atoms with van der Waals surface area (Å²) < 4.78 is 0. The molecule has 1 aliphatic carbocycles. The smallest absolute Gasteiger partial charge is 0.261 e. The SMILES string of the molecule is O=C(CN1C(=O)/C(=C\c2cccc(Cl)c2)SC2CCCCC21)NCc1cccs1. The van der Waals surface area contributed by atoms with Crippen LogP contribution in [0.4, 0.5) is 0 Å². The summed E-state index contributed by atoms with van der Waals surface area (Å²) in [5, 5.41) is 5.94. The Morgan fingerprint density at radius 3 is 2.90 bits per heavy atom. The van der Waals surface area contributed by atoms with Crippen LogP contribution in [-0.4, -0.2) is 34.6 Å². The van der Waals surface area contributed by atoms with E-state index in [1.807, 2.05) is 47.9 Å². The maximum atomic E-state index is 13.3. The highest BCUT2D eigenvalue weighted by Crippen LogP contribution is 2.42. The van der Waals surface area contributed by atoms with Gasteiger partial charge in [0.2, 0.25) is 5.91 Å². The Hall–Kier alpha value is -1.76. The van der Waals surface area contributed by atoms with E-state index in [0.717, 1.165) is 29.7 Å². The molecule has 1 saturated carbocycles. The van der Waals surface area contributed by atoms with Crippen molar-refractivity contribution in [1.29, 1.82) is 0 Å². The van der Waals surface area contributed by atoms with E-state index < -0.39 is 0 Å². The van der Waals surface area contributed by atoms with Crippen LogP contribution < -0.4 is 5.32 Å². The largest absolute Gasteiger partial charge is 0.350 e. The maximum Gasteiger partial charge on any atom is 0.261 e. The highest BCUT2D eigenvalue weighted by Gasteiger charge is 2.41. The van der Waals surface area contributed by atoms with Crippen LogP contribution in [-0.2, 0) is 16.1 Å². The molecule has 2 heterocycles. The molecule has 2 unspecified atom stereocenters. The molecule has 2 fully saturated rings. The van der Waals surface area contributed by atoms with E-state index in [1.54, 1.807) is 28.0 Å². The second-order valence-corrected chi connectivity index (χ2v) is 10.1.